The van der Waals surface area contributed by atoms with Gasteiger partial charge in [0.1, 0.15) is 11.6 Å². The molecule has 148 valence electrons. The number of halogens is 1. The molecular weight excluding hydrogens is 355 g/mol. The number of likely N-dealkylation sites (N-methyl/N-ethyl adjacent to an activating group) is 1. The fourth-order valence-electron chi connectivity index (χ4n) is 5.05. The first kappa shape index (κ1) is 18.9. The van der Waals surface area contributed by atoms with Crippen LogP contribution in [0.5, 0.6) is 5.75 Å². The molecule has 1 saturated carbocycles. The second-order valence-electron chi connectivity index (χ2n) is 8.09. The van der Waals surface area contributed by atoms with Crippen molar-refractivity contribution in [2.45, 2.75) is 37.3 Å². The molecule has 2 saturated heterocycles. The third-order valence-corrected chi connectivity index (χ3v) is 6.62. The Kier molecular flexibility index (Phi) is 5.11. The van der Waals surface area contributed by atoms with Crippen molar-refractivity contribution in [3.8, 4) is 5.75 Å². The van der Waals surface area contributed by atoms with Crippen LogP contribution in [0.15, 0.2) is 48.5 Å². The van der Waals surface area contributed by atoms with E-state index in [1.54, 1.807) is 0 Å². The van der Waals surface area contributed by atoms with Crippen LogP contribution in [0.2, 0.25) is 0 Å². The maximum Gasteiger partial charge on any atom is 0.255 e. The number of piperidine rings is 2. The molecule has 2 aromatic rings. The molecule has 5 rings (SSSR count). The lowest BCUT2D eigenvalue weighted by molar-refractivity contribution is -0.0404. The average Bonchev–Trinajstić information content (AvgIpc) is 2.73. The van der Waals surface area contributed by atoms with E-state index in [1.807, 2.05) is 18.2 Å². The summed E-state index contributed by atoms with van der Waals surface area (Å²) in [5.41, 5.74) is 1.36. The first-order valence-corrected chi connectivity index (χ1v) is 9.94. The number of carbonyl (C=O) groups excluding carboxylic acids is 1. The predicted octanol–water partition coefficient (Wildman–Crippen LogP) is 4.18. The second kappa shape index (κ2) is 7.55. The molecule has 5 heteroatoms. The van der Waals surface area contributed by atoms with Crippen LogP contribution in [0.25, 0.3) is 0 Å². The Hall–Kier alpha value is -2.40. The molecule has 1 amide bonds. The predicted molar refractivity (Wildman–Crippen MR) is 107 cm³/mol. The van der Waals surface area contributed by atoms with Gasteiger partial charge in [0.05, 0.1) is 18.7 Å². The molecule has 1 unspecified atom stereocenters. The zero-order valence-corrected chi connectivity index (χ0v) is 16.5. The van der Waals surface area contributed by atoms with Crippen molar-refractivity contribution in [3.63, 3.8) is 0 Å². The quantitative estimate of drug-likeness (QED) is 0.844. The van der Waals surface area contributed by atoms with E-state index in [2.05, 4.69) is 29.4 Å². The maximum atomic E-state index is 13.6. The van der Waals surface area contributed by atoms with E-state index in [-0.39, 0.29) is 23.2 Å². The van der Waals surface area contributed by atoms with Crippen LogP contribution in [-0.4, -0.2) is 37.0 Å². The standard InChI is InChI=1S/C23H27FN2O2/c1-26-15-16-10-12-23(26,13-11-16)21(17-6-4-3-5-7-17)25-22(27)19-9-8-18(24)14-20(19)28-2/h3-9,14,16,21H,10-13,15H2,1-2H3,(H,25,27). The topological polar surface area (TPSA) is 41.6 Å². The van der Waals surface area contributed by atoms with Crippen LogP contribution < -0.4 is 10.1 Å². The molecule has 1 N–H and O–H groups in total. The smallest absolute Gasteiger partial charge is 0.255 e. The first-order chi connectivity index (χ1) is 13.5. The van der Waals surface area contributed by atoms with Crippen LogP contribution in [0.4, 0.5) is 4.39 Å². The maximum absolute atomic E-state index is 13.6. The van der Waals surface area contributed by atoms with E-state index in [0.29, 0.717) is 5.56 Å². The molecule has 4 nitrogen and oxygen atoms in total. The Morgan fingerprint density at radius 2 is 1.93 bits per heavy atom. The summed E-state index contributed by atoms with van der Waals surface area (Å²) in [7, 11) is 3.63. The van der Waals surface area contributed by atoms with Crippen molar-refractivity contribution < 1.29 is 13.9 Å². The van der Waals surface area contributed by atoms with Gasteiger partial charge < -0.3 is 10.1 Å². The number of carbonyl (C=O) groups is 1. The van der Waals surface area contributed by atoms with Gasteiger partial charge in [0.25, 0.3) is 5.91 Å². The van der Waals surface area contributed by atoms with E-state index >= 15 is 0 Å². The number of methoxy groups -OCH3 is 1. The summed E-state index contributed by atoms with van der Waals surface area (Å²) < 4.78 is 18.8. The third kappa shape index (κ3) is 3.28. The SMILES string of the molecule is COc1cc(F)ccc1C(=O)NC(c1ccccc1)C12CCC(CC1)CN2C. The number of benzene rings is 2. The lowest BCUT2D eigenvalue weighted by Gasteiger charge is -2.57. The summed E-state index contributed by atoms with van der Waals surface area (Å²) >= 11 is 0. The molecule has 3 fully saturated rings. The Labute approximate surface area is 165 Å². The number of ether oxygens (including phenoxy) is 1. The fourth-order valence-corrected chi connectivity index (χ4v) is 5.05. The highest BCUT2D eigenvalue weighted by Crippen LogP contribution is 2.49. The Balaban J connectivity index is 1.70. The Morgan fingerprint density at radius 3 is 2.57 bits per heavy atom. The first-order valence-electron chi connectivity index (χ1n) is 9.94. The highest BCUT2D eigenvalue weighted by Gasteiger charge is 2.50. The molecule has 28 heavy (non-hydrogen) atoms. The van der Waals surface area contributed by atoms with Crippen LogP contribution >= 0.6 is 0 Å². The molecular formula is C23H27FN2O2. The summed E-state index contributed by atoms with van der Waals surface area (Å²) in [5, 5.41) is 3.28. The van der Waals surface area contributed by atoms with Gasteiger partial charge >= 0.3 is 0 Å². The summed E-state index contributed by atoms with van der Waals surface area (Å²) in [4.78, 5) is 15.6. The minimum Gasteiger partial charge on any atom is -0.496 e. The molecule has 2 aromatic carbocycles. The second-order valence-corrected chi connectivity index (χ2v) is 8.09. The van der Waals surface area contributed by atoms with Gasteiger partial charge in [0, 0.05) is 18.2 Å². The lowest BCUT2D eigenvalue weighted by Crippen LogP contribution is -2.62. The average molecular weight is 382 g/mol. The van der Waals surface area contributed by atoms with Crippen molar-refractivity contribution >= 4 is 5.91 Å². The molecule has 2 heterocycles. The van der Waals surface area contributed by atoms with Crippen LogP contribution in [0.3, 0.4) is 0 Å². The number of rotatable bonds is 5. The molecule has 0 spiro atoms. The Bertz CT molecular complexity index is 847. The van der Waals surface area contributed by atoms with Crippen molar-refractivity contribution in [2.24, 2.45) is 5.92 Å². The van der Waals surface area contributed by atoms with Gasteiger partial charge in [0.15, 0.2) is 0 Å². The zero-order valence-electron chi connectivity index (χ0n) is 16.5. The normalized spacial score (nSPS) is 25.3. The van der Waals surface area contributed by atoms with Gasteiger partial charge in [-0.15, -0.1) is 0 Å². The van der Waals surface area contributed by atoms with Crippen molar-refractivity contribution in [2.75, 3.05) is 20.7 Å². The lowest BCUT2D eigenvalue weighted by atomic mass is 9.66. The van der Waals surface area contributed by atoms with Crippen LogP contribution in [-0.2, 0) is 0 Å². The van der Waals surface area contributed by atoms with Gasteiger partial charge in [-0.3, -0.25) is 9.69 Å². The van der Waals surface area contributed by atoms with Gasteiger partial charge in [-0.25, -0.2) is 4.39 Å². The van der Waals surface area contributed by atoms with Crippen LogP contribution in [0.1, 0.15) is 47.6 Å². The minimum absolute atomic E-state index is 0.0982. The summed E-state index contributed by atoms with van der Waals surface area (Å²) in [6, 6.07) is 14.1. The van der Waals surface area contributed by atoms with Gasteiger partial charge in [-0.2, -0.15) is 0 Å². The number of nitrogens with one attached hydrogen (secondary N) is 1. The van der Waals surface area contributed by atoms with Crippen LogP contribution in [0, 0.1) is 11.7 Å². The Morgan fingerprint density at radius 1 is 1.21 bits per heavy atom. The minimum atomic E-state index is -0.420. The molecule has 1 aliphatic carbocycles. The number of hydrogen-bond donors (Lipinski definition) is 1. The molecule has 2 bridgehead atoms. The van der Waals surface area contributed by atoms with Crippen molar-refractivity contribution in [1.82, 2.24) is 10.2 Å². The molecule has 0 radical (unpaired) electrons. The third-order valence-electron chi connectivity index (χ3n) is 6.62. The van der Waals surface area contributed by atoms with E-state index in [1.165, 1.54) is 38.2 Å². The molecule has 3 aliphatic rings. The van der Waals surface area contributed by atoms with Gasteiger partial charge in [0.2, 0.25) is 0 Å². The van der Waals surface area contributed by atoms with E-state index in [0.717, 1.165) is 30.9 Å². The fraction of sp³-hybridized carbons (Fsp3) is 0.435. The summed E-state index contributed by atoms with van der Waals surface area (Å²) in [5.74, 6) is 0.358. The monoisotopic (exact) mass is 382 g/mol. The van der Waals surface area contributed by atoms with Gasteiger partial charge in [-0.05, 0) is 56.3 Å². The highest BCUT2D eigenvalue weighted by atomic mass is 19.1. The molecule has 1 atom stereocenters. The molecule has 0 aromatic heterocycles. The number of hydrogen-bond acceptors (Lipinski definition) is 3. The number of nitrogens with zero attached hydrogens (tertiary/aromatic N) is 1. The van der Waals surface area contributed by atoms with Gasteiger partial charge in [-0.1, -0.05) is 30.3 Å². The van der Waals surface area contributed by atoms with Crippen molar-refractivity contribution in [3.05, 3.63) is 65.5 Å². The number of fused-ring (bicyclic) bond motifs is 3. The van der Waals surface area contributed by atoms with E-state index < -0.39 is 5.82 Å². The summed E-state index contributed by atoms with van der Waals surface area (Å²) in [6.07, 6.45) is 4.52. The van der Waals surface area contributed by atoms with Crippen molar-refractivity contribution in [1.29, 1.82) is 0 Å². The van der Waals surface area contributed by atoms with E-state index in [9.17, 15) is 9.18 Å². The summed E-state index contributed by atoms with van der Waals surface area (Å²) in [6.45, 7) is 1.07. The highest BCUT2D eigenvalue weighted by molar-refractivity contribution is 5.97. The van der Waals surface area contributed by atoms with E-state index in [4.69, 9.17) is 4.74 Å². The zero-order chi connectivity index (χ0) is 19.7. The largest absolute Gasteiger partial charge is 0.496 e. The number of amides is 1. The molecule has 2 aliphatic heterocycles.